The summed E-state index contributed by atoms with van der Waals surface area (Å²) in [5.41, 5.74) is 3.41. The average Bonchev–Trinajstić information content (AvgIpc) is 2.86. The summed E-state index contributed by atoms with van der Waals surface area (Å²) in [6, 6.07) is 28.4. The average molecular weight is 486 g/mol. The molecule has 4 aromatic carbocycles. The second-order valence-corrected chi connectivity index (χ2v) is 9.78. The first-order valence-corrected chi connectivity index (χ1v) is 12.3. The highest BCUT2D eigenvalue weighted by atomic mass is 32.2. The lowest BCUT2D eigenvalue weighted by Crippen LogP contribution is -2.37. The summed E-state index contributed by atoms with van der Waals surface area (Å²) in [5, 5.41) is 11.1. The Morgan fingerprint density at radius 2 is 1.31 bits per heavy atom. The van der Waals surface area contributed by atoms with Crippen LogP contribution in [-0.4, -0.2) is 19.2 Å². The molecule has 4 aromatic rings. The van der Waals surface area contributed by atoms with E-state index in [2.05, 4.69) is 0 Å². The maximum absolute atomic E-state index is 14.0. The molecule has 0 fully saturated rings. The fourth-order valence-electron chi connectivity index (χ4n) is 3.46. The van der Waals surface area contributed by atoms with Gasteiger partial charge in [0.1, 0.15) is 0 Å². The highest BCUT2D eigenvalue weighted by Gasteiger charge is 2.31. The van der Waals surface area contributed by atoms with Crippen LogP contribution in [0.5, 0.6) is 0 Å². The van der Waals surface area contributed by atoms with Crippen molar-refractivity contribution in [2.75, 3.05) is 4.31 Å². The molecule has 0 saturated carbocycles. The van der Waals surface area contributed by atoms with E-state index in [1.54, 1.807) is 24.3 Å². The second kappa shape index (κ2) is 9.90. The first-order chi connectivity index (χ1) is 16.8. The molecule has 8 heteroatoms. The Morgan fingerprint density at radius 1 is 0.771 bits per heavy atom. The molecule has 0 amide bonds. The largest absolute Gasteiger partial charge is 0.269 e. The van der Waals surface area contributed by atoms with Crippen molar-refractivity contribution in [3.8, 4) is 0 Å². The summed E-state index contributed by atoms with van der Waals surface area (Å²) >= 11 is 0. The van der Waals surface area contributed by atoms with Crippen LogP contribution in [0, 0.1) is 24.0 Å². The van der Waals surface area contributed by atoms with Crippen LogP contribution in [0.4, 0.5) is 17.1 Å². The molecule has 176 valence electrons. The molecule has 0 atom stereocenters. The first kappa shape index (κ1) is 23.8. The van der Waals surface area contributed by atoms with Gasteiger partial charge in [-0.15, -0.1) is 0 Å². The smallest absolute Gasteiger partial charge is 0.258 e. The number of sulfonamides is 1. The number of non-ortho nitro benzene ring substituents is 1. The van der Waals surface area contributed by atoms with Gasteiger partial charge in [-0.25, -0.2) is 17.7 Å². The third kappa shape index (κ3) is 5.28. The van der Waals surface area contributed by atoms with E-state index in [1.165, 1.54) is 28.6 Å². The summed E-state index contributed by atoms with van der Waals surface area (Å²) in [6.45, 7) is 3.88. The molecule has 35 heavy (non-hydrogen) atoms. The molecule has 0 spiro atoms. The minimum Gasteiger partial charge on any atom is -0.258 e. The van der Waals surface area contributed by atoms with Crippen LogP contribution < -0.4 is 4.31 Å². The molecule has 0 aromatic heterocycles. The Bertz CT molecular complexity index is 1460. The van der Waals surface area contributed by atoms with Crippen LogP contribution in [0.2, 0.25) is 0 Å². The Morgan fingerprint density at radius 3 is 1.86 bits per heavy atom. The summed E-state index contributed by atoms with van der Waals surface area (Å²) < 4.78 is 29.2. The van der Waals surface area contributed by atoms with Crippen LogP contribution in [0.1, 0.15) is 16.7 Å². The summed E-state index contributed by atoms with van der Waals surface area (Å²) in [7, 11) is -4.21. The maximum atomic E-state index is 14.0. The standard InChI is InChI=1S/C27H23N3O4S/c1-20-8-12-23(13-9-20)28-27(22-6-4-3-5-7-22)29(24-14-10-21(2)11-15-24)35(33,34)26-18-16-25(17-19-26)30(31)32/h3-19H,1-2H3. The number of benzene rings is 4. The van der Waals surface area contributed by atoms with Crippen LogP contribution in [0.25, 0.3) is 0 Å². The number of aryl methyl sites for hydroxylation is 2. The van der Waals surface area contributed by atoms with Gasteiger partial charge in [0.25, 0.3) is 15.7 Å². The van der Waals surface area contributed by atoms with Crippen LogP contribution in [0.15, 0.2) is 113 Å². The number of nitrogens with zero attached hydrogens (tertiary/aromatic N) is 3. The minimum atomic E-state index is -4.21. The Balaban J connectivity index is 1.96. The SMILES string of the molecule is Cc1ccc(N=C(c2ccccc2)N(c2ccc(C)cc2)S(=O)(=O)c2ccc([N+](=O)[O-])cc2)cc1. The zero-order valence-corrected chi connectivity index (χ0v) is 20.0. The normalized spacial score (nSPS) is 11.8. The van der Waals surface area contributed by atoms with E-state index < -0.39 is 14.9 Å². The zero-order chi connectivity index (χ0) is 25.0. The molecule has 0 bridgehead atoms. The van der Waals surface area contributed by atoms with Crippen molar-refractivity contribution >= 4 is 32.9 Å². The van der Waals surface area contributed by atoms with Gasteiger partial charge < -0.3 is 0 Å². The van der Waals surface area contributed by atoms with E-state index in [1.807, 2.05) is 68.4 Å². The first-order valence-electron chi connectivity index (χ1n) is 10.8. The number of rotatable bonds is 6. The predicted molar refractivity (Wildman–Crippen MR) is 138 cm³/mol. The van der Waals surface area contributed by atoms with E-state index in [9.17, 15) is 18.5 Å². The monoisotopic (exact) mass is 485 g/mol. The van der Waals surface area contributed by atoms with Gasteiger partial charge in [-0.1, -0.05) is 65.7 Å². The van der Waals surface area contributed by atoms with Crippen LogP contribution >= 0.6 is 0 Å². The Kier molecular flexibility index (Phi) is 6.75. The van der Waals surface area contributed by atoms with Crippen molar-refractivity contribution in [3.63, 3.8) is 0 Å². The van der Waals surface area contributed by atoms with Gasteiger partial charge in [0, 0.05) is 17.7 Å². The van der Waals surface area contributed by atoms with Gasteiger partial charge >= 0.3 is 0 Å². The summed E-state index contributed by atoms with van der Waals surface area (Å²) in [6.07, 6.45) is 0. The lowest BCUT2D eigenvalue weighted by molar-refractivity contribution is -0.384. The lowest BCUT2D eigenvalue weighted by Gasteiger charge is -2.26. The quantitative estimate of drug-likeness (QED) is 0.141. The van der Waals surface area contributed by atoms with E-state index >= 15 is 0 Å². The molecule has 7 nitrogen and oxygen atoms in total. The van der Waals surface area contributed by atoms with E-state index in [4.69, 9.17) is 4.99 Å². The molecule has 4 rings (SSSR count). The highest BCUT2D eigenvalue weighted by molar-refractivity contribution is 7.93. The third-order valence-electron chi connectivity index (χ3n) is 5.35. The van der Waals surface area contributed by atoms with Gasteiger partial charge in [-0.05, 0) is 50.2 Å². The van der Waals surface area contributed by atoms with E-state index in [-0.39, 0.29) is 16.4 Å². The fourth-order valence-corrected chi connectivity index (χ4v) is 4.92. The highest BCUT2D eigenvalue weighted by Crippen LogP contribution is 2.29. The van der Waals surface area contributed by atoms with Crippen molar-refractivity contribution < 1.29 is 13.3 Å². The van der Waals surface area contributed by atoms with Crippen molar-refractivity contribution in [1.82, 2.24) is 0 Å². The summed E-state index contributed by atoms with van der Waals surface area (Å²) in [4.78, 5) is 15.2. The zero-order valence-electron chi connectivity index (χ0n) is 19.2. The van der Waals surface area contributed by atoms with Gasteiger partial charge in [0.05, 0.1) is 21.2 Å². The minimum absolute atomic E-state index is 0.0868. The molecule has 0 aliphatic heterocycles. The van der Waals surface area contributed by atoms with Crippen molar-refractivity contribution in [3.05, 3.63) is 130 Å². The van der Waals surface area contributed by atoms with Crippen molar-refractivity contribution in [2.45, 2.75) is 18.7 Å². The molecular weight excluding hydrogens is 462 g/mol. The number of nitro benzene ring substituents is 1. The number of hydrogen-bond donors (Lipinski definition) is 0. The number of nitro groups is 1. The van der Waals surface area contributed by atoms with Gasteiger partial charge in [0.15, 0.2) is 5.84 Å². The van der Waals surface area contributed by atoms with Crippen LogP contribution in [0.3, 0.4) is 0 Å². The fraction of sp³-hybridized carbons (Fsp3) is 0.0741. The van der Waals surface area contributed by atoms with Gasteiger partial charge in [-0.3, -0.25) is 10.1 Å². The Labute approximate surface area is 204 Å². The van der Waals surface area contributed by atoms with Crippen molar-refractivity contribution in [2.24, 2.45) is 4.99 Å². The molecule has 0 saturated heterocycles. The van der Waals surface area contributed by atoms with Crippen LogP contribution in [-0.2, 0) is 10.0 Å². The number of hydrogen-bond acceptors (Lipinski definition) is 5. The predicted octanol–water partition coefficient (Wildman–Crippen LogP) is 6.19. The Hall–Kier alpha value is -4.30. The number of anilines is 1. The maximum Gasteiger partial charge on any atom is 0.269 e. The third-order valence-corrected chi connectivity index (χ3v) is 7.08. The molecule has 0 unspecified atom stereocenters. The second-order valence-electron chi connectivity index (χ2n) is 7.99. The van der Waals surface area contributed by atoms with Gasteiger partial charge in [-0.2, -0.15) is 0 Å². The van der Waals surface area contributed by atoms with Crippen molar-refractivity contribution in [1.29, 1.82) is 0 Å². The topological polar surface area (TPSA) is 92.9 Å². The molecule has 0 N–H and O–H groups in total. The van der Waals surface area contributed by atoms with E-state index in [0.29, 0.717) is 16.9 Å². The molecule has 0 heterocycles. The number of amidine groups is 1. The van der Waals surface area contributed by atoms with E-state index in [0.717, 1.165) is 11.1 Å². The molecule has 0 radical (unpaired) electrons. The lowest BCUT2D eigenvalue weighted by atomic mass is 10.1. The molecule has 0 aliphatic rings. The van der Waals surface area contributed by atoms with Gasteiger partial charge in [0.2, 0.25) is 0 Å². The molecular formula is C27H23N3O4S. The number of aliphatic imine (C=N–C) groups is 1. The molecule has 0 aliphatic carbocycles. The summed E-state index contributed by atoms with van der Waals surface area (Å²) in [5.74, 6) is 0.205.